The monoisotopic (exact) mass is 438 g/mol. The van der Waals surface area contributed by atoms with Crippen molar-refractivity contribution in [2.45, 2.75) is 59.0 Å². The van der Waals surface area contributed by atoms with Gasteiger partial charge in [0.05, 0.1) is 10.4 Å². The number of hydrogen-bond donors (Lipinski definition) is 1. The number of piperidine rings is 1. The Morgan fingerprint density at radius 1 is 1.17 bits per heavy atom. The number of nitrogens with zero attached hydrogens (tertiary/aromatic N) is 1. The van der Waals surface area contributed by atoms with Crippen LogP contribution in [0.4, 0.5) is 4.79 Å². The highest BCUT2D eigenvalue weighted by Gasteiger charge is 2.44. The Kier molecular flexibility index (Phi) is 6.21. The van der Waals surface area contributed by atoms with Crippen molar-refractivity contribution in [3.63, 3.8) is 0 Å². The first-order valence-electron chi connectivity index (χ1n) is 9.95. The lowest BCUT2D eigenvalue weighted by Gasteiger charge is -2.40. The summed E-state index contributed by atoms with van der Waals surface area (Å²) in [4.78, 5) is 27.3. The van der Waals surface area contributed by atoms with E-state index < -0.39 is 11.0 Å². The lowest BCUT2D eigenvalue weighted by molar-refractivity contribution is -0.132. The third-order valence-corrected chi connectivity index (χ3v) is 6.25. The molecule has 7 heteroatoms. The van der Waals surface area contributed by atoms with Crippen LogP contribution in [0.25, 0.3) is 5.70 Å². The lowest BCUT2D eigenvalue weighted by Crippen LogP contribution is -2.50. The van der Waals surface area contributed by atoms with Crippen molar-refractivity contribution in [2.24, 2.45) is 5.41 Å². The first kappa shape index (κ1) is 22.0. The molecule has 1 spiro atoms. The van der Waals surface area contributed by atoms with Crippen molar-refractivity contribution in [1.82, 2.24) is 10.2 Å². The summed E-state index contributed by atoms with van der Waals surface area (Å²) in [5, 5.41) is 4.20. The molecule has 0 radical (unpaired) electrons. The zero-order valence-electron chi connectivity index (χ0n) is 17.4. The van der Waals surface area contributed by atoms with Crippen LogP contribution in [-0.4, -0.2) is 35.6 Å². The second-order valence-corrected chi connectivity index (χ2v) is 9.82. The van der Waals surface area contributed by atoms with Gasteiger partial charge in [0.1, 0.15) is 5.60 Å². The number of nitrogens with one attached hydrogen (secondary N) is 1. The Bertz CT molecular complexity index is 850. The molecule has 2 aliphatic heterocycles. The molecule has 3 rings (SSSR count). The maximum absolute atomic E-state index is 13.3. The van der Waals surface area contributed by atoms with Gasteiger partial charge in [-0.25, -0.2) is 4.79 Å². The standard InChI is InChI=1S/C22H28Cl2N2O3/c1-14-7-8-22(9-11-26(12-10-22)20(28)29-21(2,3)4)19(27)25-18(14)16-6-5-15(23)13-17(16)24/h5-6,13H,7-12H2,1-4H3,(H,25,27). The largest absolute Gasteiger partial charge is 0.444 e. The van der Waals surface area contributed by atoms with E-state index in [1.54, 1.807) is 17.0 Å². The van der Waals surface area contributed by atoms with E-state index in [4.69, 9.17) is 27.9 Å². The Labute approximate surface area is 182 Å². The second-order valence-electron chi connectivity index (χ2n) is 8.98. The van der Waals surface area contributed by atoms with Gasteiger partial charge in [-0.15, -0.1) is 0 Å². The highest BCUT2D eigenvalue weighted by atomic mass is 35.5. The van der Waals surface area contributed by atoms with E-state index in [2.05, 4.69) is 5.32 Å². The minimum absolute atomic E-state index is 0.000736. The third kappa shape index (κ3) is 4.89. The highest BCUT2D eigenvalue weighted by Crippen LogP contribution is 2.42. The number of halogens is 2. The van der Waals surface area contributed by atoms with Gasteiger partial charge in [-0.2, -0.15) is 0 Å². The fourth-order valence-electron chi connectivity index (χ4n) is 3.93. The maximum atomic E-state index is 13.3. The Morgan fingerprint density at radius 2 is 1.83 bits per heavy atom. The predicted molar refractivity (Wildman–Crippen MR) is 116 cm³/mol. The molecule has 1 N–H and O–H groups in total. The minimum Gasteiger partial charge on any atom is -0.444 e. The van der Waals surface area contributed by atoms with Gasteiger partial charge in [0, 0.05) is 29.4 Å². The van der Waals surface area contributed by atoms with Crippen LogP contribution < -0.4 is 5.32 Å². The molecular formula is C22H28Cl2N2O3. The van der Waals surface area contributed by atoms with Crippen LogP contribution in [-0.2, 0) is 9.53 Å². The van der Waals surface area contributed by atoms with Crippen LogP contribution in [0, 0.1) is 5.41 Å². The average Bonchev–Trinajstić information content (AvgIpc) is 2.73. The highest BCUT2D eigenvalue weighted by molar-refractivity contribution is 6.35. The van der Waals surface area contributed by atoms with Crippen molar-refractivity contribution in [3.05, 3.63) is 39.4 Å². The zero-order chi connectivity index (χ0) is 21.4. The van der Waals surface area contributed by atoms with Crippen LogP contribution in [0.5, 0.6) is 0 Å². The SMILES string of the molecule is CC1=C(c2ccc(Cl)cc2Cl)NC(=O)C2(CC1)CCN(C(=O)OC(C)(C)C)CC2. The quantitative estimate of drug-likeness (QED) is 0.615. The van der Waals surface area contributed by atoms with E-state index >= 15 is 0 Å². The molecule has 2 heterocycles. The van der Waals surface area contributed by atoms with E-state index in [1.807, 2.05) is 33.8 Å². The summed E-state index contributed by atoms with van der Waals surface area (Å²) < 4.78 is 5.47. The summed E-state index contributed by atoms with van der Waals surface area (Å²) in [6.45, 7) is 8.61. The Balaban J connectivity index is 1.74. The number of likely N-dealkylation sites (tertiary alicyclic amines) is 1. The number of ether oxygens (including phenoxy) is 1. The van der Waals surface area contributed by atoms with E-state index in [1.165, 1.54) is 0 Å². The fraction of sp³-hybridized carbons (Fsp3) is 0.545. The molecule has 0 aliphatic carbocycles. The summed E-state index contributed by atoms with van der Waals surface area (Å²) in [6, 6.07) is 5.30. The molecule has 0 bridgehead atoms. The summed E-state index contributed by atoms with van der Waals surface area (Å²) in [5.41, 5.74) is 1.63. The normalized spacial score (nSPS) is 19.8. The average molecular weight is 439 g/mol. The van der Waals surface area contributed by atoms with Gasteiger partial charge in [-0.1, -0.05) is 23.2 Å². The molecule has 2 amide bonds. The number of rotatable bonds is 1. The van der Waals surface area contributed by atoms with Crippen molar-refractivity contribution < 1.29 is 14.3 Å². The maximum Gasteiger partial charge on any atom is 0.410 e. The topological polar surface area (TPSA) is 58.6 Å². The molecule has 0 unspecified atom stereocenters. The zero-order valence-corrected chi connectivity index (χ0v) is 18.9. The lowest BCUT2D eigenvalue weighted by atomic mass is 9.74. The van der Waals surface area contributed by atoms with Crippen LogP contribution >= 0.6 is 23.2 Å². The van der Waals surface area contributed by atoms with Crippen LogP contribution in [0.3, 0.4) is 0 Å². The number of hydrogen-bond acceptors (Lipinski definition) is 3. The van der Waals surface area contributed by atoms with Crippen molar-refractivity contribution in [1.29, 1.82) is 0 Å². The van der Waals surface area contributed by atoms with Crippen molar-refractivity contribution >= 4 is 40.9 Å². The van der Waals surface area contributed by atoms with Gasteiger partial charge in [0.25, 0.3) is 0 Å². The van der Waals surface area contributed by atoms with Crippen LogP contribution in [0.2, 0.25) is 10.0 Å². The van der Waals surface area contributed by atoms with E-state index in [-0.39, 0.29) is 12.0 Å². The first-order valence-corrected chi connectivity index (χ1v) is 10.7. The van der Waals surface area contributed by atoms with E-state index in [9.17, 15) is 9.59 Å². The van der Waals surface area contributed by atoms with Gasteiger partial charge in [0.15, 0.2) is 0 Å². The predicted octanol–water partition coefficient (Wildman–Crippen LogP) is 5.65. The molecule has 1 saturated heterocycles. The summed E-state index contributed by atoms with van der Waals surface area (Å²) in [5.74, 6) is -0.000736. The molecule has 158 valence electrons. The number of amides is 2. The van der Waals surface area contributed by atoms with Gasteiger partial charge >= 0.3 is 6.09 Å². The number of carbonyl (C=O) groups excluding carboxylic acids is 2. The van der Waals surface area contributed by atoms with Crippen molar-refractivity contribution in [2.75, 3.05) is 13.1 Å². The minimum atomic E-state index is -0.528. The second kappa shape index (κ2) is 8.19. The molecular weight excluding hydrogens is 411 g/mol. The van der Waals surface area contributed by atoms with Crippen LogP contribution in [0.1, 0.15) is 58.9 Å². The Hall–Kier alpha value is -1.72. The van der Waals surface area contributed by atoms with E-state index in [0.29, 0.717) is 36.0 Å². The number of carbonyl (C=O) groups is 2. The molecule has 29 heavy (non-hydrogen) atoms. The van der Waals surface area contributed by atoms with E-state index in [0.717, 1.165) is 29.7 Å². The molecule has 5 nitrogen and oxygen atoms in total. The van der Waals surface area contributed by atoms with Gasteiger partial charge in [-0.3, -0.25) is 4.79 Å². The molecule has 1 fully saturated rings. The molecule has 1 aromatic rings. The van der Waals surface area contributed by atoms with Crippen molar-refractivity contribution in [3.8, 4) is 0 Å². The summed E-state index contributed by atoms with van der Waals surface area (Å²) in [7, 11) is 0. The summed E-state index contributed by atoms with van der Waals surface area (Å²) >= 11 is 12.4. The van der Waals surface area contributed by atoms with Gasteiger partial charge in [-0.05, 0) is 77.2 Å². The van der Waals surface area contributed by atoms with Gasteiger partial charge in [0.2, 0.25) is 5.91 Å². The first-order chi connectivity index (χ1) is 13.5. The molecule has 0 aromatic heterocycles. The molecule has 1 aromatic carbocycles. The number of benzene rings is 1. The third-order valence-electron chi connectivity index (χ3n) is 5.70. The smallest absolute Gasteiger partial charge is 0.410 e. The summed E-state index contributed by atoms with van der Waals surface area (Å²) in [6.07, 6.45) is 2.46. The number of allylic oxidation sites excluding steroid dienone is 1. The van der Waals surface area contributed by atoms with Crippen LogP contribution in [0.15, 0.2) is 23.8 Å². The molecule has 0 saturated carbocycles. The van der Waals surface area contributed by atoms with Gasteiger partial charge < -0.3 is 15.0 Å². The molecule has 0 atom stereocenters. The Morgan fingerprint density at radius 3 is 2.41 bits per heavy atom. The molecule has 2 aliphatic rings. The fourth-order valence-corrected chi connectivity index (χ4v) is 4.43.